The number of fused-ring (bicyclic) bond motifs is 1. The second-order valence-corrected chi connectivity index (χ2v) is 7.57. The number of rotatable bonds is 5. The van der Waals surface area contributed by atoms with Crippen molar-refractivity contribution in [3.63, 3.8) is 0 Å². The minimum absolute atomic E-state index is 0.0480. The molecule has 2 aromatic rings. The summed E-state index contributed by atoms with van der Waals surface area (Å²) >= 11 is 1.39. The lowest BCUT2D eigenvalue weighted by Crippen LogP contribution is -2.12. The molecule has 0 spiro atoms. The lowest BCUT2D eigenvalue weighted by Gasteiger charge is -2.10. The number of benzene rings is 1. The van der Waals surface area contributed by atoms with E-state index in [9.17, 15) is 9.59 Å². The van der Waals surface area contributed by atoms with Crippen LogP contribution in [-0.4, -0.2) is 22.8 Å². The maximum Gasteiger partial charge on any atom is 0.338 e. The number of hydrogen-bond donors (Lipinski definition) is 0. The van der Waals surface area contributed by atoms with E-state index in [1.165, 1.54) is 11.3 Å². The highest BCUT2D eigenvalue weighted by Crippen LogP contribution is 2.32. The first-order valence-electron chi connectivity index (χ1n) is 8.41. The van der Waals surface area contributed by atoms with Crippen molar-refractivity contribution < 1.29 is 14.3 Å². The van der Waals surface area contributed by atoms with Crippen LogP contribution in [0.1, 0.15) is 70.6 Å². The van der Waals surface area contributed by atoms with E-state index >= 15 is 0 Å². The van der Waals surface area contributed by atoms with Crippen molar-refractivity contribution in [1.82, 2.24) is 4.98 Å². The number of carbonyl (C=O) groups is 2. The van der Waals surface area contributed by atoms with Crippen molar-refractivity contribution in [3.8, 4) is 0 Å². The van der Waals surface area contributed by atoms with Gasteiger partial charge in [-0.15, -0.1) is 11.3 Å². The maximum absolute atomic E-state index is 12.8. The van der Waals surface area contributed by atoms with Crippen LogP contribution < -0.4 is 0 Å². The molecular formula is C20H21NO3S. The van der Waals surface area contributed by atoms with Gasteiger partial charge in [0.05, 0.1) is 17.4 Å². The monoisotopic (exact) mass is 355 g/mol. The number of carbonyl (C=O) groups excluding carboxylic acids is 2. The predicted octanol–water partition coefficient (Wildman–Crippen LogP) is 4.65. The SMILES string of the molecule is CC(C)OC(=O)c1ccc2c(c1)CC=C2C(=O)c1nc(C(C)C)cs1. The quantitative estimate of drug-likeness (QED) is 0.578. The summed E-state index contributed by atoms with van der Waals surface area (Å²) in [5.74, 6) is -0.0793. The number of ether oxygens (including phenoxy) is 1. The van der Waals surface area contributed by atoms with Gasteiger partial charge in [0.2, 0.25) is 5.78 Å². The number of aromatic nitrogens is 1. The maximum atomic E-state index is 12.8. The molecule has 1 aromatic heterocycles. The molecule has 1 aliphatic carbocycles. The molecule has 0 aliphatic heterocycles. The van der Waals surface area contributed by atoms with Gasteiger partial charge in [-0.3, -0.25) is 4.79 Å². The van der Waals surface area contributed by atoms with E-state index in [1.54, 1.807) is 6.07 Å². The van der Waals surface area contributed by atoms with Crippen LogP contribution in [0.15, 0.2) is 29.7 Å². The Balaban J connectivity index is 1.83. The third-order valence-corrected chi connectivity index (χ3v) is 4.91. The summed E-state index contributed by atoms with van der Waals surface area (Å²) in [6.07, 6.45) is 2.40. The smallest absolute Gasteiger partial charge is 0.338 e. The summed E-state index contributed by atoms with van der Waals surface area (Å²) in [5, 5.41) is 2.46. The second kappa shape index (κ2) is 6.92. The van der Waals surface area contributed by atoms with Gasteiger partial charge in [0.15, 0.2) is 5.01 Å². The Hall–Kier alpha value is -2.27. The lowest BCUT2D eigenvalue weighted by molar-refractivity contribution is 0.0377. The molecule has 0 saturated carbocycles. The van der Waals surface area contributed by atoms with Crippen LogP contribution in [-0.2, 0) is 11.2 Å². The van der Waals surface area contributed by atoms with Crippen molar-refractivity contribution in [2.75, 3.05) is 0 Å². The van der Waals surface area contributed by atoms with Crippen LogP contribution in [0.25, 0.3) is 5.57 Å². The van der Waals surface area contributed by atoms with Crippen LogP contribution in [0.3, 0.4) is 0 Å². The summed E-state index contributed by atoms with van der Waals surface area (Å²) < 4.78 is 5.23. The molecule has 1 heterocycles. The van der Waals surface area contributed by atoms with Gasteiger partial charge in [0.25, 0.3) is 0 Å². The van der Waals surface area contributed by atoms with Crippen LogP contribution in [0.4, 0.5) is 0 Å². The van der Waals surface area contributed by atoms with E-state index in [0.717, 1.165) is 16.8 Å². The number of nitrogens with zero attached hydrogens (tertiary/aromatic N) is 1. The highest BCUT2D eigenvalue weighted by molar-refractivity contribution is 7.12. The molecule has 0 atom stereocenters. The fraction of sp³-hybridized carbons (Fsp3) is 0.350. The third kappa shape index (κ3) is 3.56. The first-order chi connectivity index (χ1) is 11.9. The first kappa shape index (κ1) is 17.5. The Bertz CT molecular complexity index is 862. The summed E-state index contributed by atoms with van der Waals surface area (Å²) in [4.78, 5) is 29.3. The van der Waals surface area contributed by atoms with Crippen molar-refractivity contribution in [3.05, 3.63) is 57.0 Å². The molecule has 5 heteroatoms. The van der Waals surface area contributed by atoms with Crippen molar-refractivity contribution in [2.45, 2.75) is 46.1 Å². The molecule has 0 saturated heterocycles. The standard InChI is InChI=1S/C20H21NO3S/c1-11(2)17-10-25-19(21-17)18(22)16-8-5-13-9-14(6-7-15(13)16)20(23)24-12(3)4/h6-12H,5H2,1-4H3. The van der Waals surface area contributed by atoms with Crippen LogP contribution in [0.5, 0.6) is 0 Å². The topological polar surface area (TPSA) is 56.3 Å². The molecule has 0 fully saturated rings. The van der Waals surface area contributed by atoms with E-state index < -0.39 is 0 Å². The molecule has 0 N–H and O–H groups in total. The molecule has 3 rings (SSSR count). The highest BCUT2D eigenvalue weighted by atomic mass is 32.1. The lowest BCUT2D eigenvalue weighted by atomic mass is 10.0. The number of esters is 1. The second-order valence-electron chi connectivity index (χ2n) is 6.71. The normalized spacial score (nSPS) is 13.1. The van der Waals surface area contributed by atoms with Gasteiger partial charge < -0.3 is 4.74 Å². The van der Waals surface area contributed by atoms with Crippen LogP contribution in [0, 0.1) is 0 Å². The molecule has 25 heavy (non-hydrogen) atoms. The first-order valence-corrected chi connectivity index (χ1v) is 9.29. The van der Waals surface area contributed by atoms with E-state index in [2.05, 4.69) is 18.8 Å². The molecule has 4 nitrogen and oxygen atoms in total. The summed E-state index contributed by atoms with van der Waals surface area (Å²) in [5.41, 5.74) is 3.99. The average molecular weight is 355 g/mol. The summed E-state index contributed by atoms with van der Waals surface area (Å²) in [6.45, 7) is 7.77. The van der Waals surface area contributed by atoms with Gasteiger partial charge in [-0.25, -0.2) is 9.78 Å². The Morgan fingerprint density at radius 3 is 2.60 bits per heavy atom. The van der Waals surface area contributed by atoms with Gasteiger partial charge >= 0.3 is 5.97 Å². The van der Waals surface area contributed by atoms with Gasteiger partial charge in [-0.1, -0.05) is 26.0 Å². The van der Waals surface area contributed by atoms with E-state index in [4.69, 9.17) is 4.74 Å². The van der Waals surface area contributed by atoms with E-state index in [0.29, 0.717) is 28.5 Å². The number of allylic oxidation sites excluding steroid dienone is 2. The highest BCUT2D eigenvalue weighted by Gasteiger charge is 2.25. The number of hydrogen-bond acceptors (Lipinski definition) is 5. The van der Waals surface area contributed by atoms with Crippen LogP contribution >= 0.6 is 11.3 Å². The Kier molecular flexibility index (Phi) is 4.86. The molecule has 1 aliphatic rings. The van der Waals surface area contributed by atoms with Crippen molar-refractivity contribution in [1.29, 1.82) is 0 Å². The Morgan fingerprint density at radius 1 is 1.20 bits per heavy atom. The fourth-order valence-corrected chi connectivity index (χ4v) is 3.67. The fourth-order valence-electron chi connectivity index (χ4n) is 2.74. The molecular weight excluding hydrogens is 334 g/mol. The number of Topliss-reactive ketones (excluding diaryl/α,β-unsaturated/α-hetero) is 1. The zero-order valence-electron chi connectivity index (χ0n) is 14.8. The van der Waals surface area contributed by atoms with E-state index in [-0.39, 0.29) is 17.9 Å². The van der Waals surface area contributed by atoms with Gasteiger partial charge in [-0.2, -0.15) is 0 Å². The number of thiazole rings is 1. The molecule has 130 valence electrons. The zero-order chi connectivity index (χ0) is 18.1. The van der Waals surface area contributed by atoms with Gasteiger partial charge in [0.1, 0.15) is 0 Å². The molecule has 0 unspecified atom stereocenters. The van der Waals surface area contributed by atoms with Crippen LogP contribution in [0.2, 0.25) is 0 Å². The van der Waals surface area contributed by atoms with Crippen molar-refractivity contribution >= 4 is 28.7 Å². The zero-order valence-corrected chi connectivity index (χ0v) is 15.6. The summed E-state index contributed by atoms with van der Waals surface area (Å²) in [6, 6.07) is 5.37. The Morgan fingerprint density at radius 2 is 1.96 bits per heavy atom. The van der Waals surface area contributed by atoms with Gasteiger partial charge in [-0.05, 0) is 49.4 Å². The largest absolute Gasteiger partial charge is 0.459 e. The third-order valence-electron chi connectivity index (χ3n) is 4.05. The van der Waals surface area contributed by atoms with Crippen molar-refractivity contribution in [2.24, 2.45) is 0 Å². The van der Waals surface area contributed by atoms with Gasteiger partial charge in [0, 0.05) is 11.0 Å². The molecule has 0 bridgehead atoms. The average Bonchev–Trinajstić information content (AvgIpc) is 3.20. The van der Waals surface area contributed by atoms with E-state index in [1.807, 2.05) is 37.4 Å². The number of ketones is 1. The molecule has 1 aromatic carbocycles. The predicted molar refractivity (Wildman–Crippen MR) is 99.2 cm³/mol. The molecule has 0 radical (unpaired) electrons. The summed E-state index contributed by atoms with van der Waals surface area (Å²) in [7, 11) is 0. The minimum Gasteiger partial charge on any atom is -0.459 e. The minimum atomic E-state index is -0.334. The molecule has 0 amide bonds. The Labute approximate surface area is 151 Å².